The second kappa shape index (κ2) is 6.66. The van der Waals surface area contributed by atoms with E-state index >= 15 is 0 Å². The van der Waals surface area contributed by atoms with Crippen LogP contribution in [-0.4, -0.2) is 20.5 Å². The molecule has 0 aliphatic rings. The first-order valence-electron chi connectivity index (χ1n) is 6.86. The number of imidazole rings is 1. The number of hydrogen-bond donors (Lipinski definition) is 2. The van der Waals surface area contributed by atoms with Gasteiger partial charge in [0.1, 0.15) is 22.6 Å². The lowest BCUT2D eigenvalue weighted by Gasteiger charge is -2.07. The second-order valence-electron chi connectivity index (χ2n) is 4.77. The van der Waals surface area contributed by atoms with Crippen LogP contribution in [0.1, 0.15) is 11.4 Å². The van der Waals surface area contributed by atoms with Gasteiger partial charge < -0.3 is 15.8 Å². The van der Waals surface area contributed by atoms with Crippen molar-refractivity contribution in [1.29, 1.82) is 0 Å². The molecule has 23 heavy (non-hydrogen) atoms. The van der Waals surface area contributed by atoms with Gasteiger partial charge in [-0.05, 0) is 21.5 Å². The Labute approximate surface area is 140 Å². The van der Waals surface area contributed by atoms with Gasteiger partial charge in [-0.3, -0.25) is 4.40 Å². The first-order valence-corrected chi connectivity index (χ1v) is 7.66. The number of carbonyl (C=O) groups is 1. The third kappa shape index (κ3) is 3.42. The van der Waals surface area contributed by atoms with E-state index in [2.05, 4.69) is 31.2 Å². The van der Waals surface area contributed by atoms with Crippen molar-refractivity contribution in [3.8, 4) is 0 Å². The molecule has 2 aromatic heterocycles. The summed E-state index contributed by atoms with van der Waals surface area (Å²) in [4.78, 5) is 20.1. The number of amides is 1. The number of ether oxygens (including phenoxy) is 1. The molecular formula is C15H14BrN5O2. The van der Waals surface area contributed by atoms with Crippen molar-refractivity contribution in [3.05, 3.63) is 58.7 Å². The molecule has 0 saturated heterocycles. The van der Waals surface area contributed by atoms with Crippen LogP contribution in [0.5, 0.6) is 0 Å². The summed E-state index contributed by atoms with van der Waals surface area (Å²) in [6.07, 6.45) is 2.80. The number of fused-ring (bicyclic) bond motifs is 1. The molecule has 1 amide bonds. The van der Waals surface area contributed by atoms with E-state index in [-0.39, 0.29) is 13.2 Å². The molecule has 0 saturated carbocycles. The summed E-state index contributed by atoms with van der Waals surface area (Å²) in [5, 5.41) is 2.67. The van der Waals surface area contributed by atoms with E-state index < -0.39 is 6.09 Å². The number of aromatic nitrogens is 3. The number of carbonyl (C=O) groups excluding carboxylic acids is 1. The zero-order valence-electron chi connectivity index (χ0n) is 12.1. The van der Waals surface area contributed by atoms with Crippen molar-refractivity contribution in [2.45, 2.75) is 13.2 Å². The SMILES string of the molecule is Nc1nccn2c(CNC(=O)OCc3ccccc3)nc(Br)c12. The maximum absolute atomic E-state index is 11.8. The molecule has 0 spiro atoms. The Bertz CT molecular complexity index is 835. The molecule has 0 atom stereocenters. The van der Waals surface area contributed by atoms with Crippen molar-refractivity contribution in [2.75, 3.05) is 5.73 Å². The fourth-order valence-corrected chi connectivity index (χ4v) is 2.73. The maximum Gasteiger partial charge on any atom is 0.407 e. The summed E-state index contributed by atoms with van der Waals surface area (Å²) < 4.78 is 7.51. The van der Waals surface area contributed by atoms with Crippen LogP contribution in [0.25, 0.3) is 5.52 Å². The minimum absolute atomic E-state index is 0.212. The highest BCUT2D eigenvalue weighted by Crippen LogP contribution is 2.22. The Morgan fingerprint density at radius 2 is 2.13 bits per heavy atom. The molecule has 0 aliphatic heterocycles. The number of hydrogen-bond acceptors (Lipinski definition) is 5. The highest BCUT2D eigenvalue weighted by atomic mass is 79.9. The highest BCUT2D eigenvalue weighted by Gasteiger charge is 2.13. The van der Waals surface area contributed by atoms with Crippen molar-refractivity contribution < 1.29 is 9.53 Å². The molecular weight excluding hydrogens is 362 g/mol. The molecule has 3 rings (SSSR count). The third-order valence-corrected chi connectivity index (χ3v) is 3.77. The van der Waals surface area contributed by atoms with Gasteiger partial charge in [0.25, 0.3) is 0 Å². The van der Waals surface area contributed by atoms with Crippen LogP contribution >= 0.6 is 15.9 Å². The fourth-order valence-electron chi connectivity index (χ4n) is 2.13. The number of nitrogens with zero attached hydrogens (tertiary/aromatic N) is 3. The average Bonchev–Trinajstić information content (AvgIpc) is 2.89. The van der Waals surface area contributed by atoms with Crippen LogP contribution in [-0.2, 0) is 17.9 Å². The van der Waals surface area contributed by atoms with Crippen LogP contribution in [0.2, 0.25) is 0 Å². The maximum atomic E-state index is 11.8. The van der Waals surface area contributed by atoms with Gasteiger partial charge in [-0.1, -0.05) is 30.3 Å². The molecule has 2 heterocycles. The Kier molecular flexibility index (Phi) is 4.42. The first-order chi connectivity index (χ1) is 11.1. The van der Waals surface area contributed by atoms with E-state index in [9.17, 15) is 4.79 Å². The van der Waals surface area contributed by atoms with Gasteiger partial charge >= 0.3 is 6.09 Å². The third-order valence-electron chi connectivity index (χ3n) is 3.22. The van der Waals surface area contributed by atoms with Gasteiger partial charge in [-0.25, -0.2) is 14.8 Å². The molecule has 7 nitrogen and oxygen atoms in total. The first kappa shape index (κ1) is 15.3. The van der Waals surface area contributed by atoms with Crippen LogP contribution in [0, 0.1) is 0 Å². The van der Waals surface area contributed by atoms with Crippen molar-refractivity contribution in [2.24, 2.45) is 0 Å². The fraction of sp³-hybridized carbons (Fsp3) is 0.133. The van der Waals surface area contributed by atoms with Crippen LogP contribution in [0.4, 0.5) is 10.6 Å². The van der Waals surface area contributed by atoms with E-state index in [0.717, 1.165) is 5.56 Å². The number of rotatable bonds is 4. The van der Waals surface area contributed by atoms with Crippen LogP contribution in [0.3, 0.4) is 0 Å². The Balaban J connectivity index is 1.62. The predicted molar refractivity (Wildman–Crippen MR) is 88.6 cm³/mol. The smallest absolute Gasteiger partial charge is 0.407 e. The zero-order valence-corrected chi connectivity index (χ0v) is 13.7. The summed E-state index contributed by atoms with van der Waals surface area (Å²) in [5.74, 6) is 0.988. The second-order valence-corrected chi connectivity index (χ2v) is 5.52. The average molecular weight is 376 g/mol. The lowest BCUT2D eigenvalue weighted by Crippen LogP contribution is -2.24. The minimum atomic E-state index is -0.510. The summed E-state index contributed by atoms with van der Waals surface area (Å²) >= 11 is 3.34. The van der Waals surface area contributed by atoms with Gasteiger partial charge in [0.15, 0.2) is 5.82 Å². The van der Waals surface area contributed by atoms with E-state index in [1.54, 1.807) is 16.8 Å². The highest BCUT2D eigenvalue weighted by molar-refractivity contribution is 9.10. The Morgan fingerprint density at radius 3 is 2.91 bits per heavy atom. The number of benzene rings is 1. The number of halogens is 1. The van der Waals surface area contributed by atoms with Crippen molar-refractivity contribution in [3.63, 3.8) is 0 Å². The lowest BCUT2D eigenvalue weighted by atomic mass is 10.2. The molecule has 1 aromatic carbocycles. The summed E-state index contributed by atoms with van der Waals surface area (Å²) in [5.41, 5.74) is 7.42. The molecule has 3 N–H and O–H groups in total. The number of nitrogen functional groups attached to an aromatic ring is 1. The molecule has 0 aliphatic carbocycles. The van der Waals surface area contributed by atoms with E-state index in [1.165, 1.54) is 0 Å². The minimum Gasteiger partial charge on any atom is -0.445 e. The van der Waals surface area contributed by atoms with Gasteiger partial charge in [0.2, 0.25) is 0 Å². The van der Waals surface area contributed by atoms with Gasteiger partial charge in [0, 0.05) is 12.4 Å². The normalized spacial score (nSPS) is 10.7. The Hall–Kier alpha value is -2.61. The molecule has 0 fully saturated rings. The molecule has 3 aromatic rings. The number of anilines is 1. The van der Waals surface area contributed by atoms with Crippen LogP contribution < -0.4 is 11.1 Å². The topological polar surface area (TPSA) is 94.5 Å². The quantitative estimate of drug-likeness (QED) is 0.730. The van der Waals surface area contributed by atoms with Gasteiger partial charge in [-0.2, -0.15) is 0 Å². The van der Waals surface area contributed by atoms with E-state index in [0.29, 0.717) is 21.8 Å². The summed E-state index contributed by atoms with van der Waals surface area (Å²) in [6.45, 7) is 0.430. The molecule has 0 radical (unpaired) electrons. The Morgan fingerprint density at radius 1 is 1.35 bits per heavy atom. The molecule has 0 unspecified atom stereocenters. The summed E-state index contributed by atoms with van der Waals surface area (Å²) in [6, 6.07) is 9.47. The lowest BCUT2D eigenvalue weighted by molar-refractivity contribution is 0.139. The zero-order chi connectivity index (χ0) is 16.2. The predicted octanol–water partition coefficient (Wildman–Crippen LogP) is 2.50. The number of alkyl carbamates (subject to hydrolysis) is 1. The van der Waals surface area contributed by atoms with Crippen LogP contribution in [0.15, 0.2) is 47.3 Å². The largest absolute Gasteiger partial charge is 0.445 e. The van der Waals surface area contributed by atoms with Gasteiger partial charge in [-0.15, -0.1) is 0 Å². The molecule has 0 bridgehead atoms. The van der Waals surface area contributed by atoms with Gasteiger partial charge in [0.05, 0.1) is 6.54 Å². The van der Waals surface area contributed by atoms with Crippen molar-refractivity contribution >= 4 is 33.4 Å². The standard InChI is InChI=1S/C15H14BrN5O2/c16-13-12-14(17)18-6-7-21(12)11(20-13)8-19-15(22)23-9-10-4-2-1-3-5-10/h1-7H,8-9H2,(H2,17,18)(H,19,22). The number of nitrogens with two attached hydrogens (primary N) is 1. The molecule has 8 heteroatoms. The molecule has 118 valence electrons. The number of nitrogens with one attached hydrogen (secondary N) is 1. The summed E-state index contributed by atoms with van der Waals surface area (Å²) in [7, 11) is 0. The van der Waals surface area contributed by atoms with E-state index in [1.807, 2.05) is 30.3 Å². The van der Waals surface area contributed by atoms with Crippen molar-refractivity contribution in [1.82, 2.24) is 19.7 Å². The monoisotopic (exact) mass is 375 g/mol. The van der Waals surface area contributed by atoms with E-state index in [4.69, 9.17) is 10.5 Å².